The van der Waals surface area contributed by atoms with E-state index < -0.39 is 0 Å². The third-order valence-corrected chi connectivity index (χ3v) is 3.32. The predicted molar refractivity (Wildman–Crippen MR) is 78.0 cm³/mol. The van der Waals surface area contributed by atoms with E-state index in [9.17, 15) is 0 Å². The Morgan fingerprint density at radius 3 is 2.68 bits per heavy atom. The van der Waals surface area contributed by atoms with Crippen LogP contribution in [0.1, 0.15) is 5.56 Å². The van der Waals surface area contributed by atoms with Crippen molar-refractivity contribution in [3.05, 3.63) is 40.9 Å². The Labute approximate surface area is 115 Å². The van der Waals surface area contributed by atoms with Crippen LogP contribution in [0, 0.1) is 6.92 Å². The van der Waals surface area contributed by atoms with E-state index >= 15 is 0 Å². The van der Waals surface area contributed by atoms with Gasteiger partial charge in [-0.05, 0) is 36.8 Å². The van der Waals surface area contributed by atoms with E-state index in [1.165, 1.54) is 0 Å². The third kappa shape index (κ3) is 2.00. The van der Waals surface area contributed by atoms with Crippen molar-refractivity contribution >= 4 is 34.1 Å². The summed E-state index contributed by atoms with van der Waals surface area (Å²) in [6, 6.07) is 8.97. The zero-order valence-electron chi connectivity index (χ0n) is 10.3. The van der Waals surface area contributed by atoms with Gasteiger partial charge in [-0.15, -0.1) is 0 Å². The Kier molecular flexibility index (Phi) is 2.61. The molecule has 0 atom stereocenters. The lowest BCUT2D eigenvalue weighted by Gasteiger charge is -2.01. The fourth-order valence-corrected chi connectivity index (χ4v) is 2.16. The summed E-state index contributed by atoms with van der Waals surface area (Å²) in [6.07, 6.45) is 0. The molecule has 1 aromatic heterocycles. The summed E-state index contributed by atoms with van der Waals surface area (Å²) in [7, 11) is 0. The molecule has 4 nitrogen and oxygen atoms in total. The summed E-state index contributed by atoms with van der Waals surface area (Å²) in [5.41, 5.74) is 15.9. The quantitative estimate of drug-likeness (QED) is 0.664. The van der Waals surface area contributed by atoms with Crippen LogP contribution in [0.5, 0.6) is 0 Å². The van der Waals surface area contributed by atoms with Crippen LogP contribution in [0.2, 0.25) is 5.02 Å². The summed E-state index contributed by atoms with van der Waals surface area (Å²) in [5.74, 6) is 0.536. The van der Waals surface area contributed by atoms with Gasteiger partial charge in [-0.2, -0.15) is 0 Å². The van der Waals surface area contributed by atoms with E-state index in [0.717, 1.165) is 11.1 Å². The van der Waals surface area contributed by atoms with E-state index in [1.54, 1.807) is 12.1 Å². The molecule has 0 fully saturated rings. The molecule has 4 N–H and O–H groups in total. The number of halogens is 1. The number of aryl methyl sites for hydroxylation is 1. The summed E-state index contributed by atoms with van der Waals surface area (Å²) >= 11 is 5.97. The maximum Gasteiger partial charge on any atom is 0.227 e. The number of rotatable bonds is 1. The summed E-state index contributed by atoms with van der Waals surface area (Å²) < 4.78 is 5.72. The lowest BCUT2D eigenvalue weighted by Crippen LogP contribution is -1.88. The van der Waals surface area contributed by atoms with Crippen molar-refractivity contribution < 1.29 is 4.42 Å². The molecule has 3 rings (SSSR count). The molecule has 0 saturated carbocycles. The molecule has 1 heterocycles. The number of nitrogen functional groups attached to an aromatic ring is 2. The number of benzene rings is 2. The zero-order valence-corrected chi connectivity index (χ0v) is 11.0. The first-order chi connectivity index (χ1) is 9.04. The Morgan fingerprint density at radius 2 is 1.95 bits per heavy atom. The van der Waals surface area contributed by atoms with Crippen molar-refractivity contribution in [2.45, 2.75) is 6.92 Å². The van der Waals surface area contributed by atoms with Crippen LogP contribution < -0.4 is 11.5 Å². The summed E-state index contributed by atoms with van der Waals surface area (Å²) in [4.78, 5) is 4.43. The Balaban J connectivity index is 2.20. The molecule has 0 aliphatic rings. The first-order valence-electron chi connectivity index (χ1n) is 5.76. The molecule has 0 aliphatic heterocycles. The number of fused-ring (bicyclic) bond motifs is 1. The van der Waals surface area contributed by atoms with Gasteiger partial charge >= 0.3 is 0 Å². The van der Waals surface area contributed by atoms with E-state index in [2.05, 4.69) is 4.98 Å². The van der Waals surface area contributed by atoms with Gasteiger partial charge in [0.1, 0.15) is 5.52 Å². The minimum Gasteiger partial charge on any atom is -0.436 e. The molecule has 3 aromatic rings. The molecule has 96 valence electrons. The van der Waals surface area contributed by atoms with Crippen LogP contribution in [-0.2, 0) is 0 Å². The van der Waals surface area contributed by atoms with Gasteiger partial charge in [0.15, 0.2) is 5.58 Å². The number of hydrogen-bond acceptors (Lipinski definition) is 4. The maximum atomic E-state index is 5.97. The smallest absolute Gasteiger partial charge is 0.227 e. The van der Waals surface area contributed by atoms with Crippen LogP contribution in [0.4, 0.5) is 11.4 Å². The molecule has 5 heteroatoms. The highest BCUT2D eigenvalue weighted by Crippen LogP contribution is 2.31. The minimum atomic E-state index is 0.462. The van der Waals surface area contributed by atoms with Gasteiger partial charge < -0.3 is 15.9 Å². The summed E-state index contributed by atoms with van der Waals surface area (Å²) in [6.45, 7) is 1.96. The molecule has 0 saturated heterocycles. The highest BCUT2D eigenvalue weighted by Gasteiger charge is 2.12. The van der Waals surface area contributed by atoms with Crippen LogP contribution in [0.15, 0.2) is 34.7 Å². The molecule has 0 bridgehead atoms. The van der Waals surface area contributed by atoms with Crippen molar-refractivity contribution in [1.29, 1.82) is 0 Å². The average Bonchev–Trinajstić information content (AvgIpc) is 2.72. The zero-order chi connectivity index (χ0) is 13.6. The minimum absolute atomic E-state index is 0.462. The lowest BCUT2D eigenvalue weighted by molar-refractivity contribution is 0.619. The van der Waals surface area contributed by atoms with E-state index in [-0.39, 0.29) is 0 Å². The molecule has 2 aromatic carbocycles. The highest BCUT2D eigenvalue weighted by atomic mass is 35.5. The Bertz CT molecular complexity index is 741. The number of anilines is 2. The molecule has 0 aliphatic carbocycles. The second-order valence-corrected chi connectivity index (χ2v) is 4.84. The number of aromatic nitrogens is 1. The van der Waals surface area contributed by atoms with Crippen LogP contribution >= 0.6 is 11.6 Å². The van der Waals surface area contributed by atoms with Gasteiger partial charge in [-0.25, -0.2) is 4.98 Å². The van der Waals surface area contributed by atoms with Gasteiger partial charge in [0.2, 0.25) is 5.89 Å². The third-order valence-electron chi connectivity index (χ3n) is 2.99. The molecular formula is C14H12ClN3O. The van der Waals surface area contributed by atoms with Crippen molar-refractivity contribution in [2.24, 2.45) is 0 Å². The molecule has 0 spiro atoms. The molecule has 0 radical (unpaired) electrons. The Hall–Kier alpha value is -2.20. The van der Waals surface area contributed by atoms with E-state index in [1.807, 2.05) is 25.1 Å². The number of oxazole rings is 1. The topological polar surface area (TPSA) is 78.1 Å². The molecule has 19 heavy (non-hydrogen) atoms. The maximum absolute atomic E-state index is 5.97. The van der Waals surface area contributed by atoms with Crippen molar-refractivity contribution in [3.63, 3.8) is 0 Å². The molecular weight excluding hydrogens is 262 g/mol. The van der Waals surface area contributed by atoms with Crippen molar-refractivity contribution in [3.8, 4) is 11.5 Å². The average molecular weight is 274 g/mol. The highest BCUT2D eigenvalue weighted by molar-refractivity contribution is 6.33. The molecule has 0 amide bonds. The fraction of sp³-hybridized carbons (Fsp3) is 0.0714. The SMILES string of the molecule is Cc1cc(N)ccc1-c1nc2cc(N)c(Cl)cc2o1. The first kappa shape index (κ1) is 11.9. The molecule has 0 unspecified atom stereocenters. The first-order valence-corrected chi connectivity index (χ1v) is 6.14. The van der Waals surface area contributed by atoms with Gasteiger partial charge in [-0.3, -0.25) is 0 Å². The standard InChI is InChI=1S/C14H12ClN3O/c1-7-4-8(16)2-3-9(7)14-18-12-6-11(17)10(15)5-13(12)19-14/h2-6H,16-17H2,1H3. The normalized spacial score (nSPS) is 11.1. The second kappa shape index (κ2) is 4.17. The van der Waals surface area contributed by atoms with E-state index in [0.29, 0.717) is 33.4 Å². The van der Waals surface area contributed by atoms with Crippen LogP contribution in [0.25, 0.3) is 22.6 Å². The van der Waals surface area contributed by atoms with Crippen LogP contribution in [0.3, 0.4) is 0 Å². The van der Waals surface area contributed by atoms with Gasteiger partial charge in [-0.1, -0.05) is 11.6 Å². The fourth-order valence-electron chi connectivity index (χ4n) is 2.01. The van der Waals surface area contributed by atoms with Gasteiger partial charge in [0.05, 0.1) is 10.7 Å². The van der Waals surface area contributed by atoms with Crippen LogP contribution in [-0.4, -0.2) is 4.98 Å². The number of nitrogens with two attached hydrogens (primary N) is 2. The number of nitrogens with zero attached hydrogens (tertiary/aromatic N) is 1. The second-order valence-electron chi connectivity index (χ2n) is 4.43. The Morgan fingerprint density at radius 1 is 1.16 bits per heavy atom. The van der Waals surface area contributed by atoms with Crippen molar-refractivity contribution in [2.75, 3.05) is 11.5 Å². The van der Waals surface area contributed by atoms with Crippen molar-refractivity contribution in [1.82, 2.24) is 4.98 Å². The largest absolute Gasteiger partial charge is 0.436 e. The van der Waals surface area contributed by atoms with E-state index in [4.69, 9.17) is 27.5 Å². The lowest BCUT2D eigenvalue weighted by atomic mass is 10.1. The predicted octanol–water partition coefficient (Wildman–Crippen LogP) is 3.62. The monoisotopic (exact) mass is 273 g/mol. The van der Waals surface area contributed by atoms with Gasteiger partial charge in [0.25, 0.3) is 0 Å². The summed E-state index contributed by atoms with van der Waals surface area (Å²) in [5, 5.41) is 0.462. The van der Waals surface area contributed by atoms with Gasteiger partial charge in [0, 0.05) is 17.3 Å². The number of hydrogen-bond donors (Lipinski definition) is 2.